The molecule has 0 bridgehead atoms. The topological polar surface area (TPSA) is 78.0 Å². The van der Waals surface area contributed by atoms with Crippen molar-refractivity contribution in [2.45, 2.75) is 38.1 Å². The Labute approximate surface area is 101 Å². The summed E-state index contributed by atoms with van der Waals surface area (Å²) >= 11 is 0. The summed E-state index contributed by atoms with van der Waals surface area (Å²) in [6, 6.07) is -0.0504. The van der Waals surface area contributed by atoms with Crippen LogP contribution in [0, 0.1) is 0 Å². The van der Waals surface area contributed by atoms with Gasteiger partial charge in [0.1, 0.15) is 5.82 Å². The van der Waals surface area contributed by atoms with E-state index >= 15 is 0 Å². The van der Waals surface area contributed by atoms with Gasteiger partial charge in [-0.1, -0.05) is 0 Å². The Morgan fingerprint density at radius 3 is 2.71 bits per heavy atom. The largest absolute Gasteiger partial charge is 0.384 e. The summed E-state index contributed by atoms with van der Waals surface area (Å²) in [4.78, 5) is 0. The average Bonchev–Trinajstić information content (AvgIpc) is 2.81. The molecule has 2 aliphatic rings. The Morgan fingerprint density at radius 2 is 2.06 bits per heavy atom. The van der Waals surface area contributed by atoms with Crippen molar-refractivity contribution in [3.63, 3.8) is 0 Å². The molecule has 1 fully saturated rings. The summed E-state index contributed by atoms with van der Waals surface area (Å²) in [7, 11) is -2.88. The molecule has 0 radical (unpaired) electrons. The van der Waals surface area contributed by atoms with E-state index in [2.05, 4.69) is 5.10 Å². The first-order chi connectivity index (χ1) is 8.07. The average molecular weight is 255 g/mol. The van der Waals surface area contributed by atoms with Crippen LogP contribution in [0.5, 0.6) is 0 Å². The number of nitrogens with two attached hydrogens (primary N) is 1. The number of hydrogen-bond acceptors (Lipinski definition) is 4. The SMILES string of the molecule is Nc1c2c(nn1[C@H]1CCS(=O)(=O)C1)CCCC2. The van der Waals surface area contributed by atoms with Gasteiger partial charge in [-0.05, 0) is 32.1 Å². The van der Waals surface area contributed by atoms with Gasteiger partial charge in [0.15, 0.2) is 9.84 Å². The fraction of sp³-hybridized carbons (Fsp3) is 0.727. The van der Waals surface area contributed by atoms with Crippen LogP contribution in [-0.2, 0) is 22.7 Å². The van der Waals surface area contributed by atoms with Crippen molar-refractivity contribution in [3.8, 4) is 0 Å². The molecule has 1 atom stereocenters. The molecule has 1 saturated heterocycles. The molecule has 1 aromatic heterocycles. The van der Waals surface area contributed by atoms with Gasteiger partial charge in [0.2, 0.25) is 0 Å². The molecule has 6 heteroatoms. The van der Waals surface area contributed by atoms with Crippen LogP contribution < -0.4 is 5.73 Å². The molecule has 1 aliphatic carbocycles. The smallest absolute Gasteiger partial charge is 0.152 e. The van der Waals surface area contributed by atoms with Crippen LogP contribution in [0.15, 0.2) is 0 Å². The van der Waals surface area contributed by atoms with Crippen molar-refractivity contribution in [1.82, 2.24) is 9.78 Å². The lowest BCUT2D eigenvalue weighted by Gasteiger charge is -2.11. The van der Waals surface area contributed by atoms with Gasteiger partial charge >= 0.3 is 0 Å². The van der Waals surface area contributed by atoms with Gasteiger partial charge < -0.3 is 5.73 Å². The highest BCUT2D eigenvalue weighted by Crippen LogP contribution is 2.31. The predicted molar refractivity (Wildman–Crippen MR) is 65.6 cm³/mol. The first-order valence-electron chi connectivity index (χ1n) is 6.13. The standard InChI is InChI=1S/C11H17N3O2S/c12-11-9-3-1-2-4-10(9)13-14(11)8-5-6-17(15,16)7-8/h8H,1-7,12H2/t8-/m0/s1. The summed E-state index contributed by atoms with van der Waals surface area (Å²) in [5.74, 6) is 1.15. The van der Waals surface area contributed by atoms with Crippen molar-refractivity contribution >= 4 is 15.7 Å². The molecule has 2 heterocycles. The predicted octanol–water partition coefficient (Wildman–Crippen LogP) is 0.704. The van der Waals surface area contributed by atoms with Crippen LogP contribution >= 0.6 is 0 Å². The van der Waals surface area contributed by atoms with Crippen molar-refractivity contribution in [2.24, 2.45) is 0 Å². The van der Waals surface area contributed by atoms with E-state index in [4.69, 9.17) is 5.73 Å². The Balaban J connectivity index is 1.96. The fourth-order valence-corrected chi connectivity index (χ4v) is 4.54. The number of fused-ring (bicyclic) bond motifs is 1. The van der Waals surface area contributed by atoms with Crippen molar-refractivity contribution < 1.29 is 8.42 Å². The molecule has 94 valence electrons. The molecule has 2 N–H and O–H groups in total. The number of anilines is 1. The van der Waals surface area contributed by atoms with Crippen LogP contribution in [0.4, 0.5) is 5.82 Å². The van der Waals surface area contributed by atoms with Gasteiger partial charge in [-0.15, -0.1) is 0 Å². The minimum atomic E-state index is -2.88. The second-order valence-electron chi connectivity index (χ2n) is 5.02. The van der Waals surface area contributed by atoms with Crippen LogP contribution in [0.25, 0.3) is 0 Å². The number of aryl methyl sites for hydroxylation is 1. The summed E-state index contributed by atoms with van der Waals surface area (Å²) in [5.41, 5.74) is 8.33. The molecular weight excluding hydrogens is 238 g/mol. The second kappa shape index (κ2) is 3.73. The van der Waals surface area contributed by atoms with E-state index in [1.54, 1.807) is 4.68 Å². The van der Waals surface area contributed by atoms with E-state index in [1.165, 1.54) is 0 Å². The van der Waals surface area contributed by atoms with E-state index in [0.717, 1.165) is 36.9 Å². The molecular formula is C11H17N3O2S. The van der Waals surface area contributed by atoms with Crippen LogP contribution in [-0.4, -0.2) is 29.7 Å². The quantitative estimate of drug-likeness (QED) is 0.801. The molecule has 0 aromatic carbocycles. The summed E-state index contributed by atoms with van der Waals surface area (Å²) in [6.45, 7) is 0. The minimum absolute atomic E-state index is 0.0504. The van der Waals surface area contributed by atoms with Gasteiger partial charge in [0, 0.05) is 5.56 Å². The van der Waals surface area contributed by atoms with E-state index in [9.17, 15) is 8.42 Å². The van der Waals surface area contributed by atoms with Gasteiger partial charge in [-0.3, -0.25) is 0 Å². The maximum absolute atomic E-state index is 11.5. The van der Waals surface area contributed by atoms with Crippen molar-refractivity contribution in [1.29, 1.82) is 0 Å². The van der Waals surface area contributed by atoms with Gasteiger partial charge in [-0.2, -0.15) is 5.10 Å². The fourth-order valence-electron chi connectivity index (χ4n) is 2.84. The zero-order valence-electron chi connectivity index (χ0n) is 9.72. The molecule has 0 saturated carbocycles. The monoisotopic (exact) mass is 255 g/mol. The van der Waals surface area contributed by atoms with E-state index in [1.807, 2.05) is 0 Å². The normalized spacial score (nSPS) is 26.9. The van der Waals surface area contributed by atoms with E-state index in [-0.39, 0.29) is 17.5 Å². The van der Waals surface area contributed by atoms with Gasteiger partial charge in [0.25, 0.3) is 0 Å². The number of sulfone groups is 1. The molecule has 1 aliphatic heterocycles. The second-order valence-corrected chi connectivity index (χ2v) is 7.25. The highest BCUT2D eigenvalue weighted by molar-refractivity contribution is 7.91. The van der Waals surface area contributed by atoms with E-state index < -0.39 is 9.84 Å². The minimum Gasteiger partial charge on any atom is -0.384 e. The molecule has 1 aromatic rings. The number of rotatable bonds is 1. The number of nitrogens with zero attached hydrogens (tertiary/aromatic N) is 2. The highest BCUT2D eigenvalue weighted by atomic mass is 32.2. The lowest BCUT2D eigenvalue weighted by atomic mass is 9.98. The summed E-state index contributed by atoms with van der Waals surface area (Å²) in [5, 5.41) is 4.53. The Hall–Kier alpha value is -1.04. The van der Waals surface area contributed by atoms with Crippen molar-refractivity contribution in [3.05, 3.63) is 11.3 Å². The first kappa shape index (κ1) is 11.1. The number of hydrogen-bond donors (Lipinski definition) is 1. The Bertz CT molecular complexity index is 547. The Morgan fingerprint density at radius 1 is 1.29 bits per heavy atom. The maximum Gasteiger partial charge on any atom is 0.152 e. The van der Waals surface area contributed by atoms with Crippen LogP contribution in [0.2, 0.25) is 0 Å². The molecule has 0 unspecified atom stereocenters. The van der Waals surface area contributed by atoms with Gasteiger partial charge in [0.05, 0.1) is 23.2 Å². The van der Waals surface area contributed by atoms with Crippen molar-refractivity contribution in [2.75, 3.05) is 17.2 Å². The Kier molecular flexibility index (Phi) is 2.43. The third-order valence-electron chi connectivity index (χ3n) is 3.78. The molecule has 17 heavy (non-hydrogen) atoms. The van der Waals surface area contributed by atoms with Crippen LogP contribution in [0.1, 0.15) is 36.6 Å². The molecule has 3 rings (SSSR count). The lowest BCUT2D eigenvalue weighted by Crippen LogP contribution is -2.15. The molecule has 5 nitrogen and oxygen atoms in total. The third-order valence-corrected chi connectivity index (χ3v) is 5.53. The lowest BCUT2D eigenvalue weighted by molar-refractivity contribution is 0.501. The molecule has 0 spiro atoms. The first-order valence-corrected chi connectivity index (χ1v) is 7.95. The van der Waals surface area contributed by atoms with Crippen LogP contribution in [0.3, 0.4) is 0 Å². The maximum atomic E-state index is 11.5. The van der Waals surface area contributed by atoms with E-state index in [0.29, 0.717) is 12.2 Å². The summed E-state index contributed by atoms with van der Waals surface area (Å²) in [6.07, 6.45) is 4.93. The molecule has 0 amide bonds. The van der Waals surface area contributed by atoms with Gasteiger partial charge in [-0.25, -0.2) is 13.1 Å². The highest BCUT2D eigenvalue weighted by Gasteiger charge is 2.32. The third kappa shape index (κ3) is 1.84. The zero-order chi connectivity index (χ0) is 12.0. The number of nitrogen functional groups attached to an aromatic ring is 1. The summed E-state index contributed by atoms with van der Waals surface area (Å²) < 4.78 is 24.7. The number of aromatic nitrogens is 2. The zero-order valence-corrected chi connectivity index (χ0v) is 10.5.